The number of rotatable bonds is 9. The van der Waals surface area contributed by atoms with E-state index in [0.29, 0.717) is 24.1 Å². The second-order valence-corrected chi connectivity index (χ2v) is 7.19. The van der Waals surface area contributed by atoms with E-state index in [0.717, 1.165) is 12.1 Å². The Bertz CT molecular complexity index is 841. The fraction of sp³-hybridized carbons (Fsp3) is 0.278. The van der Waals surface area contributed by atoms with E-state index in [1.807, 2.05) is 0 Å². The van der Waals surface area contributed by atoms with Crippen molar-refractivity contribution in [3.63, 3.8) is 0 Å². The summed E-state index contributed by atoms with van der Waals surface area (Å²) in [6.45, 7) is 0.547. The zero-order valence-corrected chi connectivity index (χ0v) is 17.6. The largest absolute Gasteiger partial charge is 0.492 e. The first-order valence-electron chi connectivity index (χ1n) is 8.09. The van der Waals surface area contributed by atoms with Crippen LogP contribution in [0.1, 0.15) is 12.0 Å². The normalized spacial score (nSPS) is 11.1. The van der Waals surface area contributed by atoms with Gasteiger partial charge in [-0.1, -0.05) is 46.4 Å². The predicted octanol–water partition coefficient (Wildman–Crippen LogP) is 6.95. The zero-order chi connectivity index (χ0) is 21.4. The number of aromatic nitrogens is 1. The van der Waals surface area contributed by atoms with Crippen LogP contribution in [0.3, 0.4) is 0 Å². The van der Waals surface area contributed by atoms with Crippen molar-refractivity contribution in [2.45, 2.75) is 12.6 Å². The van der Waals surface area contributed by atoms with Gasteiger partial charge in [0.25, 0.3) is 0 Å². The Morgan fingerprint density at radius 2 is 1.55 bits per heavy atom. The molecule has 0 bridgehead atoms. The lowest BCUT2D eigenvalue weighted by atomic mass is 10.3. The number of hydrogen-bond acceptors (Lipinski definition) is 4. The second-order valence-electron chi connectivity index (χ2n) is 5.43. The number of ether oxygens (including phenoxy) is 3. The Labute approximate surface area is 185 Å². The van der Waals surface area contributed by atoms with Crippen molar-refractivity contribution in [3.05, 3.63) is 56.6 Å². The lowest BCUT2D eigenvalue weighted by Crippen LogP contribution is -2.08. The average molecular weight is 491 g/mol. The molecular weight excluding hydrogens is 477 g/mol. The third-order valence-electron chi connectivity index (χ3n) is 3.35. The summed E-state index contributed by atoms with van der Waals surface area (Å²) in [5.41, 5.74) is -0.839. The molecule has 2 rings (SSSR count). The highest BCUT2D eigenvalue weighted by Crippen LogP contribution is 2.39. The molecule has 158 valence electrons. The number of halogens is 7. The van der Waals surface area contributed by atoms with Gasteiger partial charge in [-0.05, 0) is 24.3 Å². The van der Waals surface area contributed by atoms with Gasteiger partial charge in [-0.25, -0.2) is 4.98 Å². The molecule has 0 amide bonds. The van der Waals surface area contributed by atoms with Crippen LogP contribution in [0.25, 0.3) is 0 Å². The summed E-state index contributed by atoms with van der Waals surface area (Å²) >= 11 is 23.3. The maximum atomic E-state index is 12.5. The zero-order valence-electron chi connectivity index (χ0n) is 14.6. The lowest BCUT2D eigenvalue weighted by molar-refractivity contribution is -0.137. The first-order valence-corrected chi connectivity index (χ1v) is 9.60. The highest BCUT2D eigenvalue weighted by molar-refractivity contribution is 6.55. The van der Waals surface area contributed by atoms with Gasteiger partial charge in [-0.15, -0.1) is 0 Å². The number of pyridine rings is 1. The molecule has 0 fully saturated rings. The molecule has 0 saturated heterocycles. The van der Waals surface area contributed by atoms with E-state index in [1.165, 1.54) is 6.08 Å². The van der Waals surface area contributed by atoms with Crippen molar-refractivity contribution in [1.82, 2.24) is 4.98 Å². The third kappa shape index (κ3) is 7.66. The molecule has 1 heterocycles. The SMILES string of the molecule is FC(F)(F)c1ccc(OCCCOc2ccc(OCC=C(Cl)Cl)c(Cl)c2Cl)nc1. The summed E-state index contributed by atoms with van der Waals surface area (Å²) in [6.07, 6.45) is -1.83. The number of alkyl halides is 3. The molecule has 0 aliphatic carbocycles. The fourth-order valence-corrected chi connectivity index (χ4v) is 2.53. The summed E-state index contributed by atoms with van der Waals surface area (Å²) in [4.78, 5) is 3.62. The van der Waals surface area contributed by atoms with E-state index in [9.17, 15) is 13.2 Å². The van der Waals surface area contributed by atoms with Crippen LogP contribution in [0.5, 0.6) is 17.4 Å². The van der Waals surface area contributed by atoms with Gasteiger partial charge in [0.2, 0.25) is 5.88 Å². The monoisotopic (exact) mass is 489 g/mol. The molecule has 4 nitrogen and oxygen atoms in total. The maximum absolute atomic E-state index is 12.5. The summed E-state index contributed by atoms with van der Waals surface area (Å²) in [6, 6.07) is 5.24. The molecule has 1 aromatic heterocycles. The molecule has 1 aromatic carbocycles. The van der Waals surface area contributed by atoms with Crippen molar-refractivity contribution >= 4 is 46.4 Å². The molecule has 29 heavy (non-hydrogen) atoms. The van der Waals surface area contributed by atoms with Crippen LogP contribution < -0.4 is 14.2 Å². The summed E-state index contributed by atoms with van der Waals surface area (Å²) in [5, 5.41) is 0.351. The third-order valence-corrected chi connectivity index (χ3v) is 4.50. The number of hydrogen-bond donors (Lipinski definition) is 0. The van der Waals surface area contributed by atoms with Gasteiger partial charge >= 0.3 is 6.18 Å². The van der Waals surface area contributed by atoms with Crippen molar-refractivity contribution in [2.75, 3.05) is 19.8 Å². The van der Waals surface area contributed by atoms with Gasteiger partial charge in [0.1, 0.15) is 32.6 Å². The minimum atomic E-state index is -4.44. The molecule has 0 radical (unpaired) electrons. The van der Waals surface area contributed by atoms with Gasteiger partial charge in [0.15, 0.2) is 0 Å². The molecular formula is C18H14Cl4F3NO3. The van der Waals surface area contributed by atoms with Crippen LogP contribution in [0.2, 0.25) is 10.0 Å². The molecule has 0 saturated carbocycles. The Kier molecular flexibility index (Phi) is 9.02. The fourth-order valence-electron chi connectivity index (χ4n) is 1.98. The standard InChI is InChI=1S/C18H14Cl4F3NO3/c19-14(20)6-9-28-13-4-3-12(16(21)17(13)22)27-7-1-8-29-15-5-2-11(10-26-15)18(23,24)25/h2-6,10H,1,7-9H2. The average Bonchev–Trinajstić information content (AvgIpc) is 2.66. The Hall–Kier alpha value is -1.54. The van der Waals surface area contributed by atoms with Crippen molar-refractivity contribution in [2.24, 2.45) is 0 Å². The van der Waals surface area contributed by atoms with Crippen LogP contribution in [-0.4, -0.2) is 24.8 Å². The highest BCUT2D eigenvalue weighted by Gasteiger charge is 2.30. The van der Waals surface area contributed by atoms with Crippen molar-refractivity contribution in [3.8, 4) is 17.4 Å². The van der Waals surface area contributed by atoms with Gasteiger partial charge < -0.3 is 14.2 Å². The minimum absolute atomic E-state index is 0.0703. The van der Waals surface area contributed by atoms with Crippen LogP contribution in [0.4, 0.5) is 13.2 Å². The summed E-state index contributed by atoms with van der Waals surface area (Å²) < 4.78 is 53.7. The maximum Gasteiger partial charge on any atom is 0.417 e. The van der Waals surface area contributed by atoms with Crippen molar-refractivity contribution < 1.29 is 27.4 Å². The van der Waals surface area contributed by atoms with Gasteiger partial charge in [-0.2, -0.15) is 13.2 Å². The Morgan fingerprint density at radius 3 is 2.10 bits per heavy atom. The molecule has 0 unspecified atom stereocenters. The lowest BCUT2D eigenvalue weighted by Gasteiger charge is -2.12. The minimum Gasteiger partial charge on any atom is -0.492 e. The molecule has 0 aliphatic rings. The first kappa shape index (κ1) is 23.7. The summed E-state index contributed by atoms with van der Waals surface area (Å²) in [5.74, 6) is 0.779. The smallest absolute Gasteiger partial charge is 0.417 e. The van der Waals surface area contributed by atoms with Crippen LogP contribution in [-0.2, 0) is 6.18 Å². The molecule has 11 heteroatoms. The molecule has 0 N–H and O–H groups in total. The number of benzene rings is 1. The second kappa shape index (κ2) is 11.0. The van der Waals surface area contributed by atoms with E-state index in [4.69, 9.17) is 60.6 Å². The highest BCUT2D eigenvalue weighted by atomic mass is 35.5. The van der Waals surface area contributed by atoms with E-state index in [2.05, 4.69) is 4.98 Å². The first-order chi connectivity index (χ1) is 13.7. The van der Waals surface area contributed by atoms with E-state index >= 15 is 0 Å². The Balaban J connectivity index is 1.79. The molecule has 2 aromatic rings. The molecule has 0 atom stereocenters. The Morgan fingerprint density at radius 1 is 0.931 bits per heavy atom. The van der Waals surface area contributed by atoms with Crippen molar-refractivity contribution in [1.29, 1.82) is 0 Å². The number of nitrogens with zero attached hydrogens (tertiary/aromatic N) is 1. The van der Waals surface area contributed by atoms with Crippen LogP contribution >= 0.6 is 46.4 Å². The van der Waals surface area contributed by atoms with Gasteiger partial charge in [0, 0.05) is 18.7 Å². The molecule has 0 spiro atoms. The topological polar surface area (TPSA) is 40.6 Å². The van der Waals surface area contributed by atoms with Crippen LogP contribution in [0.15, 0.2) is 41.0 Å². The van der Waals surface area contributed by atoms with Gasteiger partial charge in [-0.3, -0.25) is 0 Å². The summed E-state index contributed by atoms with van der Waals surface area (Å²) in [7, 11) is 0. The van der Waals surface area contributed by atoms with E-state index in [1.54, 1.807) is 12.1 Å². The van der Waals surface area contributed by atoms with Gasteiger partial charge in [0.05, 0.1) is 18.8 Å². The molecule has 0 aliphatic heterocycles. The van der Waals surface area contributed by atoms with Crippen LogP contribution in [0, 0.1) is 0 Å². The van der Waals surface area contributed by atoms with E-state index in [-0.39, 0.29) is 40.2 Å². The predicted molar refractivity (Wildman–Crippen MR) is 107 cm³/mol. The van der Waals surface area contributed by atoms with E-state index < -0.39 is 11.7 Å². The quantitative estimate of drug-likeness (QED) is 0.356.